The molecule has 0 aliphatic carbocycles. The zero-order valence-corrected chi connectivity index (χ0v) is 12.8. The maximum absolute atomic E-state index is 5.50. The molecule has 0 unspecified atom stereocenters. The molecule has 0 aromatic carbocycles. The van der Waals surface area contributed by atoms with Gasteiger partial charge in [-0.25, -0.2) is 4.98 Å². The quantitative estimate of drug-likeness (QED) is 0.736. The lowest BCUT2D eigenvalue weighted by Crippen LogP contribution is -2.13. The van der Waals surface area contributed by atoms with Crippen LogP contribution in [-0.2, 0) is 10.2 Å². The maximum Gasteiger partial charge on any atom is 0.202 e. The molecule has 0 saturated carbocycles. The molecule has 1 rings (SSSR count). The van der Waals surface area contributed by atoms with Crippen LogP contribution in [0.25, 0.3) is 0 Å². The van der Waals surface area contributed by atoms with Gasteiger partial charge in [0.05, 0.1) is 0 Å². The van der Waals surface area contributed by atoms with Crippen molar-refractivity contribution in [1.82, 2.24) is 9.36 Å². The van der Waals surface area contributed by atoms with Crippen LogP contribution in [-0.4, -0.2) is 29.1 Å². The van der Waals surface area contributed by atoms with Crippen LogP contribution in [0, 0.1) is 0 Å². The normalized spacial score (nSPS) is 11.8. The number of aromatic nitrogens is 2. The molecule has 0 spiro atoms. The summed E-state index contributed by atoms with van der Waals surface area (Å²) in [5, 5.41) is 4.20. The fourth-order valence-corrected chi connectivity index (χ4v) is 2.10. The Balaban J connectivity index is 2.14. The number of anilines is 1. The first-order chi connectivity index (χ1) is 8.54. The van der Waals surface area contributed by atoms with Crippen LogP contribution in [0.5, 0.6) is 0 Å². The average molecular weight is 271 g/mol. The lowest BCUT2D eigenvalue weighted by atomic mass is 9.96. The third kappa shape index (κ3) is 5.78. The third-order valence-corrected chi connectivity index (χ3v) is 3.15. The summed E-state index contributed by atoms with van der Waals surface area (Å²) in [4.78, 5) is 4.48. The van der Waals surface area contributed by atoms with Gasteiger partial charge in [0.2, 0.25) is 5.13 Å². The first-order valence-corrected chi connectivity index (χ1v) is 7.47. The molecule has 0 radical (unpaired) electrons. The van der Waals surface area contributed by atoms with Gasteiger partial charge in [-0.05, 0) is 12.8 Å². The smallest absolute Gasteiger partial charge is 0.202 e. The molecule has 1 aromatic rings. The molecule has 1 aromatic heterocycles. The molecule has 1 N–H and O–H groups in total. The van der Waals surface area contributed by atoms with E-state index in [4.69, 9.17) is 4.74 Å². The van der Waals surface area contributed by atoms with E-state index in [1.807, 2.05) is 0 Å². The number of hydrogen-bond acceptors (Lipinski definition) is 5. The Morgan fingerprint density at radius 3 is 2.56 bits per heavy atom. The maximum atomic E-state index is 5.50. The number of unbranched alkanes of at least 4 members (excludes halogenated alkanes) is 1. The van der Waals surface area contributed by atoms with Crippen LogP contribution in [0.15, 0.2) is 0 Å². The molecule has 18 heavy (non-hydrogen) atoms. The second kappa shape index (κ2) is 7.69. The summed E-state index contributed by atoms with van der Waals surface area (Å²) < 4.78 is 9.86. The fraction of sp³-hybridized carbons (Fsp3) is 0.846. The molecule has 0 amide bonds. The van der Waals surface area contributed by atoms with Crippen molar-refractivity contribution < 1.29 is 4.74 Å². The Kier molecular flexibility index (Phi) is 6.57. The second-order valence-electron chi connectivity index (χ2n) is 5.42. The van der Waals surface area contributed by atoms with Crippen molar-refractivity contribution in [1.29, 1.82) is 0 Å². The van der Waals surface area contributed by atoms with Gasteiger partial charge < -0.3 is 10.1 Å². The van der Waals surface area contributed by atoms with Crippen molar-refractivity contribution in [3.8, 4) is 0 Å². The number of hydrogen-bond donors (Lipinski definition) is 1. The molecule has 0 fully saturated rings. The highest BCUT2D eigenvalue weighted by molar-refractivity contribution is 7.09. The lowest BCUT2D eigenvalue weighted by molar-refractivity contribution is 0.131. The number of nitrogens with one attached hydrogen (secondary N) is 1. The summed E-state index contributed by atoms with van der Waals surface area (Å²) in [5.74, 6) is 0.911. The van der Waals surface area contributed by atoms with E-state index in [0.717, 1.165) is 43.6 Å². The molecule has 0 aliphatic rings. The second-order valence-corrected chi connectivity index (χ2v) is 6.17. The van der Waals surface area contributed by atoms with E-state index in [-0.39, 0.29) is 5.41 Å². The Hall–Kier alpha value is -0.680. The Labute approximate surface area is 114 Å². The highest BCUT2D eigenvalue weighted by Crippen LogP contribution is 2.22. The van der Waals surface area contributed by atoms with Crippen molar-refractivity contribution in [2.24, 2.45) is 0 Å². The van der Waals surface area contributed by atoms with Gasteiger partial charge in [0.25, 0.3) is 0 Å². The van der Waals surface area contributed by atoms with Gasteiger partial charge in [0, 0.05) is 36.7 Å². The summed E-state index contributed by atoms with van der Waals surface area (Å²) in [5.41, 5.74) is 0.0275. The van der Waals surface area contributed by atoms with Crippen LogP contribution in [0.3, 0.4) is 0 Å². The van der Waals surface area contributed by atoms with E-state index in [0.29, 0.717) is 0 Å². The van der Waals surface area contributed by atoms with Crippen molar-refractivity contribution in [2.75, 3.05) is 25.1 Å². The van der Waals surface area contributed by atoms with Crippen LogP contribution in [0.2, 0.25) is 0 Å². The van der Waals surface area contributed by atoms with Crippen molar-refractivity contribution in [3.05, 3.63) is 5.82 Å². The minimum Gasteiger partial charge on any atom is -0.381 e. The monoisotopic (exact) mass is 271 g/mol. The summed E-state index contributed by atoms with van der Waals surface area (Å²) >= 11 is 1.44. The highest BCUT2D eigenvalue weighted by Gasteiger charge is 2.19. The molecule has 4 nitrogen and oxygen atoms in total. The minimum atomic E-state index is 0.0275. The Bertz CT molecular complexity index is 333. The van der Waals surface area contributed by atoms with Gasteiger partial charge in [-0.3, -0.25) is 0 Å². The van der Waals surface area contributed by atoms with Gasteiger partial charge in [0.1, 0.15) is 5.82 Å². The summed E-state index contributed by atoms with van der Waals surface area (Å²) in [7, 11) is 0. The predicted molar refractivity (Wildman–Crippen MR) is 77.4 cm³/mol. The average Bonchev–Trinajstić information content (AvgIpc) is 2.76. The van der Waals surface area contributed by atoms with Gasteiger partial charge >= 0.3 is 0 Å². The fourth-order valence-electron chi connectivity index (χ4n) is 1.32. The first-order valence-electron chi connectivity index (χ1n) is 6.70. The lowest BCUT2D eigenvalue weighted by Gasteiger charge is -2.12. The molecule has 1 heterocycles. The Morgan fingerprint density at radius 1 is 1.22 bits per heavy atom. The molecular weight excluding hydrogens is 246 g/mol. The van der Waals surface area contributed by atoms with E-state index < -0.39 is 0 Å². The molecular formula is C13H25N3OS. The van der Waals surface area contributed by atoms with Crippen LogP contribution in [0.4, 0.5) is 5.13 Å². The summed E-state index contributed by atoms with van der Waals surface area (Å²) in [6.45, 7) is 11.1. The van der Waals surface area contributed by atoms with Gasteiger partial charge in [-0.2, -0.15) is 4.37 Å². The highest BCUT2D eigenvalue weighted by atomic mass is 32.1. The molecule has 0 saturated heterocycles. The topological polar surface area (TPSA) is 47.0 Å². The summed E-state index contributed by atoms with van der Waals surface area (Å²) in [6.07, 6.45) is 3.35. The van der Waals surface area contributed by atoms with E-state index >= 15 is 0 Å². The van der Waals surface area contributed by atoms with Crippen molar-refractivity contribution in [3.63, 3.8) is 0 Å². The first kappa shape index (κ1) is 15.4. The predicted octanol–water partition coefficient (Wildman–Crippen LogP) is 3.45. The van der Waals surface area contributed by atoms with Gasteiger partial charge in [0.15, 0.2) is 0 Å². The number of nitrogens with zero attached hydrogens (tertiary/aromatic N) is 2. The van der Waals surface area contributed by atoms with Gasteiger partial charge in [-0.15, -0.1) is 0 Å². The van der Waals surface area contributed by atoms with Crippen molar-refractivity contribution in [2.45, 2.75) is 52.4 Å². The van der Waals surface area contributed by atoms with Crippen molar-refractivity contribution >= 4 is 16.7 Å². The van der Waals surface area contributed by atoms with E-state index in [1.54, 1.807) is 0 Å². The molecule has 104 valence electrons. The van der Waals surface area contributed by atoms with E-state index in [1.165, 1.54) is 18.0 Å². The van der Waals surface area contributed by atoms with E-state index in [9.17, 15) is 0 Å². The zero-order valence-electron chi connectivity index (χ0n) is 12.0. The SMILES string of the molecule is CCCCOCCCNc1nc(C(C)(C)C)ns1. The molecule has 0 aliphatic heterocycles. The molecule has 0 atom stereocenters. The number of ether oxygens (including phenoxy) is 1. The Morgan fingerprint density at radius 2 is 1.94 bits per heavy atom. The standard InChI is InChI=1S/C13H25N3OS/c1-5-6-9-17-10-7-8-14-12-15-11(16-18-12)13(2,3)4/h5-10H2,1-4H3,(H,14,15,16). The van der Waals surface area contributed by atoms with Crippen LogP contribution < -0.4 is 5.32 Å². The minimum absolute atomic E-state index is 0.0275. The zero-order chi connectivity index (χ0) is 13.4. The molecule has 0 bridgehead atoms. The van der Waals surface area contributed by atoms with E-state index in [2.05, 4.69) is 42.4 Å². The van der Waals surface area contributed by atoms with Gasteiger partial charge in [-0.1, -0.05) is 34.1 Å². The third-order valence-electron chi connectivity index (χ3n) is 2.48. The van der Waals surface area contributed by atoms with Crippen LogP contribution >= 0.6 is 11.5 Å². The molecule has 5 heteroatoms. The largest absolute Gasteiger partial charge is 0.381 e. The number of rotatable bonds is 8. The van der Waals surface area contributed by atoms with Crippen LogP contribution in [0.1, 0.15) is 52.8 Å². The summed E-state index contributed by atoms with van der Waals surface area (Å²) in [6, 6.07) is 0.